The van der Waals surface area contributed by atoms with Crippen LogP contribution in [0, 0.1) is 0 Å². The second kappa shape index (κ2) is 5.70. The molecule has 0 aromatic heterocycles. The predicted octanol–water partition coefficient (Wildman–Crippen LogP) is 2.67. The number of amides is 1. The monoisotopic (exact) mass is 300 g/mol. The Morgan fingerprint density at radius 2 is 1.95 bits per heavy atom. The lowest BCUT2D eigenvalue weighted by Gasteiger charge is -2.17. The Balaban J connectivity index is 3.16. The van der Waals surface area contributed by atoms with Gasteiger partial charge in [0.2, 0.25) is 0 Å². The summed E-state index contributed by atoms with van der Waals surface area (Å²) >= 11 is 0. The number of hydrogen-bond donors (Lipinski definition) is 1. The highest BCUT2D eigenvalue weighted by Crippen LogP contribution is 2.25. The molecule has 1 aromatic carbocycles. The van der Waals surface area contributed by atoms with Gasteiger partial charge >= 0.3 is 6.09 Å². The molecule has 0 aliphatic heterocycles. The molecular weight excluding hydrogens is 280 g/mol. The Kier molecular flexibility index (Phi) is 4.65. The van der Waals surface area contributed by atoms with E-state index in [9.17, 15) is 9.00 Å². The third-order valence-corrected chi connectivity index (χ3v) is 3.91. The van der Waals surface area contributed by atoms with Crippen LogP contribution in [-0.2, 0) is 14.5 Å². The summed E-state index contributed by atoms with van der Waals surface area (Å²) in [4.78, 5) is 12.0. The standard InChI is InChI=1S/C13H20N2O4S/c1-13(2,3)19-12(16)15-20(5,17)9-6-7-10(14)11(8-9)18-4/h6-8H,14H2,1-5H3. The second-order valence-electron chi connectivity index (χ2n) is 5.28. The normalized spacial score (nSPS) is 14.2. The number of rotatable bonds is 2. The summed E-state index contributed by atoms with van der Waals surface area (Å²) in [5, 5.41) is 0. The van der Waals surface area contributed by atoms with Gasteiger partial charge in [0, 0.05) is 6.26 Å². The minimum absolute atomic E-state index is 0.356. The fourth-order valence-electron chi connectivity index (χ4n) is 1.40. The highest BCUT2D eigenvalue weighted by atomic mass is 32.2. The zero-order valence-corrected chi connectivity index (χ0v) is 13.1. The van der Waals surface area contributed by atoms with Crippen molar-refractivity contribution in [3.8, 4) is 5.75 Å². The lowest BCUT2D eigenvalue weighted by Crippen LogP contribution is -2.22. The fraction of sp³-hybridized carbons (Fsp3) is 0.462. The zero-order chi connectivity index (χ0) is 15.6. The molecule has 0 saturated carbocycles. The van der Waals surface area contributed by atoms with Gasteiger partial charge in [0.1, 0.15) is 11.4 Å². The first-order valence-electron chi connectivity index (χ1n) is 5.94. The van der Waals surface area contributed by atoms with Crippen molar-refractivity contribution in [2.45, 2.75) is 31.3 Å². The molecule has 6 nitrogen and oxygen atoms in total. The number of nitrogens with zero attached hydrogens (tertiary/aromatic N) is 1. The minimum Gasteiger partial charge on any atom is -0.495 e. The minimum atomic E-state index is -2.92. The van der Waals surface area contributed by atoms with Crippen molar-refractivity contribution < 1.29 is 18.5 Å². The quantitative estimate of drug-likeness (QED) is 0.848. The lowest BCUT2D eigenvalue weighted by molar-refractivity contribution is 0.0607. The van der Waals surface area contributed by atoms with Gasteiger partial charge in [-0.25, -0.2) is 9.00 Å². The van der Waals surface area contributed by atoms with Crippen molar-refractivity contribution in [2.75, 3.05) is 19.1 Å². The van der Waals surface area contributed by atoms with E-state index in [0.29, 0.717) is 16.3 Å². The van der Waals surface area contributed by atoms with Gasteiger partial charge in [-0.05, 0) is 39.0 Å². The Morgan fingerprint density at radius 1 is 1.35 bits per heavy atom. The molecule has 0 aliphatic carbocycles. The van der Waals surface area contributed by atoms with E-state index in [-0.39, 0.29) is 0 Å². The van der Waals surface area contributed by atoms with Gasteiger partial charge in [-0.1, -0.05) is 0 Å². The van der Waals surface area contributed by atoms with Crippen molar-refractivity contribution in [3.63, 3.8) is 0 Å². The van der Waals surface area contributed by atoms with E-state index < -0.39 is 21.4 Å². The smallest absolute Gasteiger partial charge is 0.442 e. The highest BCUT2D eigenvalue weighted by molar-refractivity contribution is 7.93. The number of hydrogen-bond acceptors (Lipinski definition) is 5. The summed E-state index contributed by atoms with van der Waals surface area (Å²) in [7, 11) is -1.46. The number of anilines is 1. The van der Waals surface area contributed by atoms with E-state index in [0.717, 1.165) is 0 Å². The first kappa shape index (κ1) is 16.3. The molecule has 0 fully saturated rings. The maximum absolute atomic E-state index is 12.5. The molecule has 0 saturated heterocycles. The van der Waals surface area contributed by atoms with E-state index in [4.69, 9.17) is 15.2 Å². The Hall–Kier alpha value is -1.76. The van der Waals surface area contributed by atoms with Crippen LogP contribution < -0.4 is 10.5 Å². The first-order chi connectivity index (χ1) is 9.05. The van der Waals surface area contributed by atoms with Crippen molar-refractivity contribution in [3.05, 3.63) is 18.2 Å². The number of nitrogen functional groups attached to an aromatic ring is 1. The molecule has 1 rings (SSSR count). The van der Waals surface area contributed by atoms with Gasteiger partial charge in [0.15, 0.2) is 0 Å². The van der Waals surface area contributed by atoms with Crippen molar-refractivity contribution in [1.29, 1.82) is 0 Å². The summed E-state index contributed by atoms with van der Waals surface area (Å²) in [6, 6.07) is 4.61. The zero-order valence-electron chi connectivity index (χ0n) is 12.3. The lowest BCUT2D eigenvalue weighted by atomic mass is 10.2. The second-order valence-corrected chi connectivity index (χ2v) is 7.54. The summed E-state index contributed by atoms with van der Waals surface area (Å²) in [5.74, 6) is 0.386. The van der Waals surface area contributed by atoms with Gasteiger partial charge in [-0.15, -0.1) is 4.36 Å². The van der Waals surface area contributed by atoms with E-state index in [1.807, 2.05) is 0 Å². The van der Waals surface area contributed by atoms with Crippen LogP contribution in [0.4, 0.5) is 10.5 Å². The number of carbonyl (C=O) groups is 1. The van der Waals surface area contributed by atoms with Crippen LogP contribution in [0.2, 0.25) is 0 Å². The Bertz CT molecular complexity index is 626. The van der Waals surface area contributed by atoms with Crippen LogP contribution in [0.3, 0.4) is 0 Å². The molecular formula is C13H20N2O4S. The number of nitrogens with two attached hydrogens (primary N) is 1. The number of ether oxygens (including phenoxy) is 2. The number of carbonyl (C=O) groups excluding carboxylic acids is 1. The van der Waals surface area contributed by atoms with Crippen LogP contribution >= 0.6 is 0 Å². The van der Waals surface area contributed by atoms with Gasteiger partial charge in [0.25, 0.3) is 0 Å². The molecule has 20 heavy (non-hydrogen) atoms. The third-order valence-electron chi connectivity index (χ3n) is 2.28. The van der Waals surface area contributed by atoms with Gasteiger partial charge < -0.3 is 15.2 Å². The number of benzene rings is 1. The number of methoxy groups -OCH3 is 1. The fourth-order valence-corrected chi connectivity index (χ4v) is 2.48. The van der Waals surface area contributed by atoms with Crippen molar-refractivity contribution in [2.24, 2.45) is 4.36 Å². The highest BCUT2D eigenvalue weighted by Gasteiger charge is 2.18. The van der Waals surface area contributed by atoms with E-state index in [2.05, 4.69) is 4.36 Å². The van der Waals surface area contributed by atoms with E-state index >= 15 is 0 Å². The van der Waals surface area contributed by atoms with E-state index in [1.165, 1.54) is 19.4 Å². The average molecular weight is 300 g/mol. The summed E-state index contributed by atoms with van der Waals surface area (Å²) < 4.78 is 26.2. The third kappa shape index (κ3) is 4.41. The molecule has 1 atom stereocenters. The molecule has 0 spiro atoms. The SMILES string of the molecule is COc1cc(S(C)(=O)=NC(=O)OC(C)(C)C)ccc1N. The molecule has 7 heteroatoms. The predicted molar refractivity (Wildman–Crippen MR) is 78.4 cm³/mol. The van der Waals surface area contributed by atoms with Crippen molar-refractivity contribution >= 4 is 21.5 Å². The molecule has 0 bridgehead atoms. The molecule has 2 N–H and O–H groups in total. The summed E-state index contributed by atoms with van der Waals surface area (Å²) in [6.07, 6.45) is 0.503. The van der Waals surface area contributed by atoms with Crippen LogP contribution in [-0.4, -0.2) is 29.3 Å². The maximum atomic E-state index is 12.5. The van der Waals surface area contributed by atoms with Gasteiger partial charge in [0.05, 0.1) is 27.4 Å². The summed E-state index contributed by atoms with van der Waals surface area (Å²) in [5.41, 5.74) is 5.42. The average Bonchev–Trinajstić information content (AvgIpc) is 2.25. The van der Waals surface area contributed by atoms with Crippen LogP contribution in [0.15, 0.2) is 27.5 Å². The molecule has 0 heterocycles. The van der Waals surface area contributed by atoms with Crippen LogP contribution in [0.25, 0.3) is 0 Å². The first-order valence-corrected chi connectivity index (χ1v) is 7.86. The Labute approximate surface area is 119 Å². The Morgan fingerprint density at radius 3 is 2.45 bits per heavy atom. The summed E-state index contributed by atoms with van der Waals surface area (Å²) in [6.45, 7) is 5.14. The molecule has 112 valence electrons. The molecule has 0 radical (unpaired) electrons. The largest absolute Gasteiger partial charge is 0.495 e. The maximum Gasteiger partial charge on any atom is 0.442 e. The molecule has 1 unspecified atom stereocenters. The molecule has 1 amide bonds. The van der Waals surface area contributed by atoms with Crippen LogP contribution in [0.5, 0.6) is 5.75 Å². The van der Waals surface area contributed by atoms with Gasteiger partial charge in [-0.2, -0.15) is 0 Å². The van der Waals surface area contributed by atoms with E-state index in [1.54, 1.807) is 32.9 Å². The molecule has 1 aromatic rings. The van der Waals surface area contributed by atoms with Gasteiger partial charge in [-0.3, -0.25) is 0 Å². The van der Waals surface area contributed by atoms with Crippen molar-refractivity contribution in [1.82, 2.24) is 0 Å². The topological polar surface area (TPSA) is 91.0 Å². The van der Waals surface area contributed by atoms with Crippen LogP contribution in [0.1, 0.15) is 20.8 Å². The molecule has 0 aliphatic rings.